The van der Waals surface area contributed by atoms with Crippen LogP contribution in [0.3, 0.4) is 0 Å². The maximum Gasteiger partial charge on any atom is 0.138 e. The Morgan fingerprint density at radius 1 is 1.39 bits per heavy atom. The third-order valence-corrected chi connectivity index (χ3v) is 3.67. The van der Waals surface area contributed by atoms with Crippen molar-refractivity contribution in [1.82, 2.24) is 0 Å². The molecule has 0 heterocycles. The first kappa shape index (κ1) is 13.5. The Morgan fingerprint density at radius 3 is 2.72 bits per heavy atom. The molecule has 1 atom stereocenters. The molecule has 1 aliphatic rings. The first-order valence-electron chi connectivity index (χ1n) is 6.93. The molecular formula is C15H22ClNO. The highest BCUT2D eigenvalue weighted by Crippen LogP contribution is 2.36. The minimum absolute atomic E-state index is 0.587. The molecule has 0 aromatic heterocycles. The van der Waals surface area contributed by atoms with Crippen LogP contribution in [0.5, 0.6) is 5.75 Å². The molecule has 3 heteroatoms. The van der Waals surface area contributed by atoms with Gasteiger partial charge in [-0.15, -0.1) is 0 Å². The summed E-state index contributed by atoms with van der Waals surface area (Å²) < 4.78 is 5.57. The van der Waals surface area contributed by atoms with Gasteiger partial charge in [0.2, 0.25) is 0 Å². The van der Waals surface area contributed by atoms with Gasteiger partial charge in [0.1, 0.15) is 5.75 Å². The second kappa shape index (κ2) is 6.33. The van der Waals surface area contributed by atoms with Crippen molar-refractivity contribution in [3.05, 3.63) is 23.2 Å². The Morgan fingerprint density at radius 2 is 2.17 bits per heavy atom. The zero-order valence-electron chi connectivity index (χ0n) is 11.2. The largest absolute Gasteiger partial charge is 0.492 e. The van der Waals surface area contributed by atoms with Gasteiger partial charge in [0.05, 0.1) is 11.6 Å². The molecule has 0 saturated heterocycles. The van der Waals surface area contributed by atoms with Gasteiger partial charge < -0.3 is 10.1 Å². The van der Waals surface area contributed by atoms with Crippen molar-refractivity contribution in [2.75, 3.05) is 11.9 Å². The van der Waals surface area contributed by atoms with E-state index in [0.29, 0.717) is 17.7 Å². The maximum atomic E-state index is 6.22. The number of hydrogen-bond donors (Lipinski definition) is 1. The van der Waals surface area contributed by atoms with Crippen LogP contribution in [-0.2, 0) is 0 Å². The smallest absolute Gasteiger partial charge is 0.138 e. The van der Waals surface area contributed by atoms with Gasteiger partial charge in [-0.3, -0.25) is 0 Å². The van der Waals surface area contributed by atoms with Gasteiger partial charge in [-0.2, -0.15) is 0 Å². The van der Waals surface area contributed by atoms with Crippen molar-refractivity contribution in [3.8, 4) is 5.75 Å². The van der Waals surface area contributed by atoms with Crippen LogP contribution in [0.25, 0.3) is 0 Å². The molecule has 2 rings (SSSR count). The van der Waals surface area contributed by atoms with E-state index in [9.17, 15) is 0 Å². The molecule has 1 unspecified atom stereocenters. The molecule has 1 fully saturated rings. The van der Waals surface area contributed by atoms with Gasteiger partial charge >= 0.3 is 0 Å². The van der Waals surface area contributed by atoms with Crippen LogP contribution in [0.15, 0.2) is 18.2 Å². The number of ether oxygens (including phenoxy) is 1. The number of anilines is 1. The lowest BCUT2D eigenvalue weighted by atomic mass is 10.1. The van der Waals surface area contributed by atoms with Gasteiger partial charge in [0, 0.05) is 11.7 Å². The van der Waals surface area contributed by atoms with E-state index in [2.05, 4.69) is 25.2 Å². The van der Waals surface area contributed by atoms with Crippen LogP contribution in [0.4, 0.5) is 5.69 Å². The van der Waals surface area contributed by atoms with E-state index < -0.39 is 0 Å². The first-order chi connectivity index (χ1) is 8.74. The predicted molar refractivity (Wildman–Crippen MR) is 77.7 cm³/mol. The average Bonchev–Trinajstić information content (AvgIpc) is 3.19. The van der Waals surface area contributed by atoms with Crippen LogP contribution < -0.4 is 10.1 Å². The molecule has 0 radical (unpaired) electrons. The quantitative estimate of drug-likeness (QED) is 0.771. The van der Waals surface area contributed by atoms with Gasteiger partial charge in [-0.25, -0.2) is 0 Å². The number of benzene rings is 1. The Balaban J connectivity index is 1.98. The van der Waals surface area contributed by atoms with Gasteiger partial charge in [0.15, 0.2) is 0 Å². The molecular weight excluding hydrogens is 246 g/mol. The summed E-state index contributed by atoms with van der Waals surface area (Å²) in [6.45, 7) is 5.04. The van der Waals surface area contributed by atoms with Crippen molar-refractivity contribution in [1.29, 1.82) is 0 Å². The van der Waals surface area contributed by atoms with Crippen LogP contribution in [0.1, 0.15) is 39.5 Å². The normalized spacial score (nSPS) is 16.4. The molecule has 1 saturated carbocycles. The summed E-state index contributed by atoms with van der Waals surface area (Å²) in [5.41, 5.74) is 1.10. The topological polar surface area (TPSA) is 21.3 Å². The second-order valence-corrected chi connectivity index (χ2v) is 5.40. The third-order valence-electron chi connectivity index (χ3n) is 3.38. The van der Waals surface area contributed by atoms with Crippen molar-refractivity contribution in [2.24, 2.45) is 5.92 Å². The van der Waals surface area contributed by atoms with Crippen LogP contribution in [0, 0.1) is 5.92 Å². The molecule has 1 aromatic carbocycles. The van der Waals surface area contributed by atoms with Crippen molar-refractivity contribution in [3.63, 3.8) is 0 Å². The van der Waals surface area contributed by atoms with Gasteiger partial charge in [0.25, 0.3) is 0 Å². The lowest BCUT2D eigenvalue weighted by Crippen LogP contribution is -2.20. The number of nitrogens with one attached hydrogen (secondary N) is 1. The SMILES string of the molecule is CCCOc1ccc(NC(CC)C2CC2)cc1Cl. The number of halogens is 1. The summed E-state index contributed by atoms with van der Waals surface area (Å²) in [6, 6.07) is 6.57. The lowest BCUT2D eigenvalue weighted by molar-refractivity contribution is 0.317. The van der Waals surface area contributed by atoms with E-state index in [1.54, 1.807) is 0 Å². The molecule has 1 aromatic rings. The molecule has 0 bridgehead atoms. The zero-order valence-corrected chi connectivity index (χ0v) is 12.0. The summed E-state index contributed by atoms with van der Waals surface area (Å²) in [5, 5.41) is 4.27. The second-order valence-electron chi connectivity index (χ2n) is 4.99. The molecule has 18 heavy (non-hydrogen) atoms. The van der Waals surface area contributed by atoms with E-state index in [4.69, 9.17) is 16.3 Å². The molecule has 1 aliphatic carbocycles. The third kappa shape index (κ3) is 3.55. The van der Waals surface area contributed by atoms with Crippen LogP contribution in [-0.4, -0.2) is 12.6 Å². The van der Waals surface area contributed by atoms with Gasteiger partial charge in [-0.1, -0.05) is 25.4 Å². The van der Waals surface area contributed by atoms with Crippen molar-refractivity contribution >= 4 is 17.3 Å². The van der Waals surface area contributed by atoms with Crippen LogP contribution in [0.2, 0.25) is 5.02 Å². The maximum absolute atomic E-state index is 6.22. The summed E-state index contributed by atoms with van der Waals surface area (Å²) in [6.07, 6.45) is 4.88. The number of rotatable bonds is 7. The molecule has 100 valence electrons. The Labute approximate surface area is 115 Å². The lowest BCUT2D eigenvalue weighted by Gasteiger charge is -2.18. The summed E-state index contributed by atoms with van der Waals surface area (Å²) in [5.74, 6) is 1.63. The predicted octanol–water partition coefficient (Wildman–Crippen LogP) is 4.73. The standard InChI is InChI=1S/C15H22ClNO/c1-3-9-18-15-8-7-12(10-13(15)16)17-14(4-2)11-5-6-11/h7-8,10-11,14,17H,3-6,9H2,1-2H3. The van der Waals surface area contributed by atoms with E-state index in [-0.39, 0.29) is 0 Å². The highest BCUT2D eigenvalue weighted by molar-refractivity contribution is 6.32. The highest BCUT2D eigenvalue weighted by Gasteiger charge is 2.29. The van der Waals surface area contributed by atoms with E-state index >= 15 is 0 Å². The Bertz CT molecular complexity index is 390. The van der Waals surface area contributed by atoms with Crippen molar-refractivity contribution in [2.45, 2.75) is 45.6 Å². The summed E-state index contributed by atoms with van der Waals surface area (Å²) in [7, 11) is 0. The van der Waals surface area contributed by atoms with E-state index in [1.807, 2.05) is 12.1 Å². The highest BCUT2D eigenvalue weighted by atomic mass is 35.5. The summed E-state index contributed by atoms with van der Waals surface area (Å²) in [4.78, 5) is 0. The Kier molecular flexibility index (Phi) is 4.76. The van der Waals surface area contributed by atoms with E-state index in [0.717, 1.165) is 30.2 Å². The molecule has 0 aliphatic heterocycles. The molecule has 0 spiro atoms. The fraction of sp³-hybridized carbons (Fsp3) is 0.600. The van der Waals surface area contributed by atoms with Gasteiger partial charge in [-0.05, 0) is 49.8 Å². The molecule has 2 nitrogen and oxygen atoms in total. The van der Waals surface area contributed by atoms with Crippen LogP contribution >= 0.6 is 11.6 Å². The monoisotopic (exact) mass is 267 g/mol. The molecule has 1 N–H and O–H groups in total. The Hall–Kier alpha value is -0.890. The fourth-order valence-corrected chi connectivity index (χ4v) is 2.42. The fourth-order valence-electron chi connectivity index (χ4n) is 2.19. The summed E-state index contributed by atoms with van der Waals surface area (Å²) >= 11 is 6.22. The minimum Gasteiger partial charge on any atom is -0.492 e. The first-order valence-corrected chi connectivity index (χ1v) is 7.31. The number of hydrogen-bond acceptors (Lipinski definition) is 2. The molecule has 0 amide bonds. The van der Waals surface area contributed by atoms with Crippen molar-refractivity contribution < 1.29 is 4.74 Å². The van der Waals surface area contributed by atoms with E-state index in [1.165, 1.54) is 12.8 Å². The average molecular weight is 268 g/mol. The zero-order chi connectivity index (χ0) is 13.0. The minimum atomic E-state index is 0.587.